The highest BCUT2D eigenvalue weighted by atomic mass is 16.1. The van der Waals surface area contributed by atoms with E-state index in [1.807, 2.05) is 25.1 Å². The van der Waals surface area contributed by atoms with Gasteiger partial charge < -0.3 is 5.32 Å². The summed E-state index contributed by atoms with van der Waals surface area (Å²) < 4.78 is 0. The summed E-state index contributed by atoms with van der Waals surface area (Å²) in [6, 6.07) is 16.5. The summed E-state index contributed by atoms with van der Waals surface area (Å²) in [5.74, 6) is 0.638. The van der Waals surface area contributed by atoms with Gasteiger partial charge in [0, 0.05) is 0 Å². The van der Waals surface area contributed by atoms with E-state index in [9.17, 15) is 4.79 Å². The minimum Gasteiger partial charge on any atom is -0.358 e. The standard InChI is InChI=1S/C23H26N2O/c1-15(2)18-7-5-8-19(13-18)20-9-6-10-22(14-20)23(16(3)26,21-11-12-21)25-17(4)24/h5-10,13-14,21H,1,11-12H2,2-4H3,(H2,24,25). The van der Waals surface area contributed by atoms with Crippen LogP contribution in [-0.2, 0) is 10.3 Å². The van der Waals surface area contributed by atoms with Crippen LogP contribution in [0.5, 0.6) is 0 Å². The zero-order chi connectivity index (χ0) is 18.9. The fraction of sp³-hybridized carbons (Fsp3) is 0.304. The minimum atomic E-state index is -0.798. The molecular formula is C23H26N2O. The first-order valence-corrected chi connectivity index (χ1v) is 9.06. The molecule has 0 amide bonds. The molecule has 2 aromatic carbocycles. The summed E-state index contributed by atoms with van der Waals surface area (Å²) in [6.07, 6.45) is 2.02. The molecule has 0 saturated heterocycles. The maximum absolute atomic E-state index is 12.7. The molecule has 134 valence electrons. The van der Waals surface area contributed by atoms with Crippen molar-refractivity contribution >= 4 is 17.2 Å². The lowest BCUT2D eigenvalue weighted by Gasteiger charge is -2.34. The highest BCUT2D eigenvalue weighted by Gasteiger charge is 2.50. The summed E-state index contributed by atoms with van der Waals surface area (Å²) in [7, 11) is 0. The molecule has 1 fully saturated rings. The largest absolute Gasteiger partial charge is 0.358 e. The summed E-state index contributed by atoms with van der Waals surface area (Å²) in [6.45, 7) is 9.35. The summed E-state index contributed by atoms with van der Waals surface area (Å²) in [5.41, 5.74) is 4.46. The molecule has 0 heterocycles. The first-order valence-electron chi connectivity index (χ1n) is 9.06. The van der Waals surface area contributed by atoms with Crippen LogP contribution in [0.1, 0.15) is 44.7 Å². The normalized spacial score (nSPS) is 15.8. The van der Waals surface area contributed by atoms with Gasteiger partial charge in [-0.25, -0.2) is 0 Å². The van der Waals surface area contributed by atoms with E-state index in [1.54, 1.807) is 13.8 Å². The number of carbonyl (C=O) groups is 1. The molecule has 1 aliphatic carbocycles. The van der Waals surface area contributed by atoms with E-state index in [-0.39, 0.29) is 11.7 Å². The molecular weight excluding hydrogens is 320 g/mol. The van der Waals surface area contributed by atoms with Crippen LogP contribution in [-0.4, -0.2) is 11.6 Å². The number of Topliss-reactive ketones (excluding diaryl/α,β-unsaturated/α-hetero) is 1. The zero-order valence-electron chi connectivity index (χ0n) is 15.7. The van der Waals surface area contributed by atoms with E-state index in [0.29, 0.717) is 5.84 Å². The molecule has 3 heteroatoms. The van der Waals surface area contributed by atoms with Crippen molar-refractivity contribution in [1.82, 2.24) is 5.32 Å². The third-order valence-corrected chi connectivity index (χ3v) is 5.14. The molecule has 3 rings (SSSR count). The van der Waals surface area contributed by atoms with Crippen molar-refractivity contribution in [3.8, 4) is 11.1 Å². The quantitative estimate of drug-likeness (QED) is 0.560. The predicted octanol–water partition coefficient (Wildman–Crippen LogP) is 5.17. The van der Waals surface area contributed by atoms with E-state index in [0.717, 1.165) is 40.7 Å². The number of allylic oxidation sites excluding steroid dienone is 1. The first-order chi connectivity index (χ1) is 12.3. The van der Waals surface area contributed by atoms with Crippen LogP contribution in [0, 0.1) is 11.3 Å². The number of hydrogen-bond donors (Lipinski definition) is 2. The van der Waals surface area contributed by atoms with E-state index in [1.165, 1.54) is 0 Å². The molecule has 1 aliphatic rings. The lowest BCUT2D eigenvalue weighted by Crippen LogP contribution is -2.52. The lowest BCUT2D eigenvalue weighted by molar-refractivity contribution is -0.124. The van der Waals surface area contributed by atoms with Crippen molar-refractivity contribution in [2.45, 2.75) is 39.2 Å². The number of ketones is 1. The Morgan fingerprint density at radius 3 is 2.23 bits per heavy atom. The van der Waals surface area contributed by atoms with Crippen molar-refractivity contribution in [1.29, 1.82) is 5.41 Å². The third-order valence-electron chi connectivity index (χ3n) is 5.14. The van der Waals surface area contributed by atoms with E-state index in [4.69, 9.17) is 5.41 Å². The van der Waals surface area contributed by atoms with Gasteiger partial charge in [-0.2, -0.15) is 0 Å². The molecule has 1 unspecified atom stereocenters. The van der Waals surface area contributed by atoms with Crippen LogP contribution in [0.15, 0.2) is 55.1 Å². The van der Waals surface area contributed by atoms with Crippen molar-refractivity contribution in [3.63, 3.8) is 0 Å². The Hall–Kier alpha value is -2.68. The smallest absolute Gasteiger partial charge is 0.159 e. The van der Waals surface area contributed by atoms with Gasteiger partial charge in [0.15, 0.2) is 5.78 Å². The Morgan fingerprint density at radius 2 is 1.69 bits per heavy atom. The number of rotatable bonds is 6. The van der Waals surface area contributed by atoms with Crippen molar-refractivity contribution < 1.29 is 4.79 Å². The van der Waals surface area contributed by atoms with Gasteiger partial charge in [0.1, 0.15) is 5.54 Å². The number of nitrogens with one attached hydrogen (secondary N) is 2. The van der Waals surface area contributed by atoms with Crippen LogP contribution in [0.4, 0.5) is 0 Å². The van der Waals surface area contributed by atoms with Crippen molar-refractivity contribution in [2.24, 2.45) is 5.92 Å². The Morgan fingerprint density at radius 1 is 1.08 bits per heavy atom. The van der Waals surface area contributed by atoms with Gasteiger partial charge in [-0.1, -0.05) is 48.6 Å². The fourth-order valence-corrected chi connectivity index (χ4v) is 3.71. The Labute approximate surface area is 155 Å². The predicted molar refractivity (Wildman–Crippen MR) is 108 cm³/mol. The number of hydrogen-bond acceptors (Lipinski definition) is 2. The monoisotopic (exact) mass is 346 g/mol. The summed E-state index contributed by atoms with van der Waals surface area (Å²) >= 11 is 0. The Bertz CT molecular complexity index is 879. The second kappa shape index (κ2) is 6.91. The average Bonchev–Trinajstić information content (AvgIpc) is 3.44. The van der Waals surface area contributed by atoms with Gasteiger partial charge in [0.2, 0.25) is 0 Å². The molecule has 3 nitrogen and oxygen atoms in total. The zero-order valence-corrected chi connectivity index (χ0v) is 15.7. The van der Waals surface area contributed by atoms with E-state index < -0.39 is 5.54 Å². The molecule has 0 spiro atoms. The molecule has 26 heavy (non-hydrogen) atoms. The van der Waals surface area contributed by atoms with Crippen LogP contribution in [0.3, 0.4) is 0 Å². The van der Waals surface area contributed by atoms with Gasteiger partial charge in [0.25, 0.3) is 0 Å². The molecule has 2 aromatic rings. The number of carbonyl (C=O) groups excluding carboxylic acids is 1. The number of amidine groups is 1. The minimum absolute atomic E-state index is 0.0689. The average molecular weight is 346 g/mol. The SMILES string of the molecule is C=C(C)c1cccc(-c2cccc(C(NC(C)=N)(C(C)=O)C3CC3)c2)c1. The van der Waals surface area contributed by atoms with Crippen molar-refractivity contribution in [3.05, 3.63) is 66.2 Å². The number of benzene rings is 2. The Balaban J connectivity index is 2.10. The fourth-order valence-electron chi connectivity index (χ4n) is 3.71. The lowest BCUT2D eigenvalue weighted by atomic mass is 9.80. The maximum Gasteiger partial charge on any atom is 0.159 e. The van der Waals surface area contributed by atoms with E-state index >= 15 is 0 Å². The van der Waals surface area contributed by atoms with Crippen molar-refractivity contribution in [2.75, 3.05) is 0 Å². The molecule has 0 aromatic heterocycles. The van der Waals surface area contributed by atoms with Gasteiger partial charge in [-0.15, -0.1) is 0 Å². The van der Waals surface area contributed by atoms with Crippen LogP contribution < -0.4 is 5.32 Å². The molecule has 1 saturated carbocycles. The first kappa shape index (κ1) is 18.1. The van der Waals surface area contributed by atoms with Crippen LogP contribution in [0.25, 0.3) is 16.7 Å². The summed E-state index contributed by atoms with van der Waals surface area (Å²) in [5, 5.41) is 11.1. The topological polar surface area (TPSA) is 53.0 Å². The second-order valence-corrected chi connectivity index (χ2v) is 7.33. The van der Waals surface area contributed by atoms with Gasteiger partial charge >= 0.3 is 0 Å². The van der Waals surface area contributed by atoms with Gasteiger partial charge in [0.05, 0.1) is 5.84 Å². The molecule has 0 aliphatic heterocycles. The highest BCUT2D eigenvalue weighted by molar-refractivity contribution is 5.93. The van der Waals surface area contributed by atoms with Gasteiger partial charge in [-0.3, -0.25) is 10.2 Å². The highest BCUT2D eigenvalue weighted by Crippen LogP contribution is 2.47. The van der Waals surface area contributed by atoms with Crippen LogP contribution in [0.2, 0.25) is 0 Å². The molecule has 0 radical (unpaired) electrons. The van der Waals surface area contributed by atoms with Gasteiger partial charge in [-0.05, 0) is 73.9 Å². The maximum atomic E-state index is 12.7. The third kappa shape index (κ3) is 3.34. The second-order valence-electron chi connectivity index (χ2n) is 7.33. The summed E-state index contributed by atoms with van der Waals surface area (Å²) in [4.78, 5) is 12.7. The molecule has 1 atom stereocenters. The molecule has 2 N–H and O–H groups in total. The van der Waals surface area contributed by atoms with Crippen LogP contribution >= 0.6 is 0 Å². The molecule has 0 bridgehead atoms. The Kier molecular flexibility index (Phi) is 4.82. The van der Waals surface area contributed by atoms with E-state index in [2.05, 4.69) is 42.2 Å².